The van der Waals surface area contributed by atoms with Gasteiger partial charge in [-0.05, 0) is 61.6 Å². The second kappa shape index (κ2) is 9.78. The third-order valence-electron chi connectivity index (χ3n) is 4.47. The third-order valence-corrected chi connectivity index (χ3v) is 4.47. The predicted molar refractivity (Wildman–Crippen MR) is 106 cm³/mol. The van der Waals surface area contributed by atoms with E-state index in [1.54, 1.807) is 19.1 Å². The molecular formula is C22H27NO5. The topological polar surface area (TPSA) is 95.9 Å². The summed E-state index contributed by atoms with van der Waals surface area (Å²) in [5.41, 5.74) is 3.30. The van der Waals surface area contributed by atoms with E-state index in [9.17, 15) is 19.8 Å². The number of hydrogen-bond donors (Lipinski definition) is 3. The summed E-state index contributed by atoms with van der Waals surface area (Å²) in [5.74, 6) is -0.329. The van der Waals surface area contributed by atoms with Crippen LogP contribution in [0.5, 0.6) is 11.5 Å². The number of rotatable bonds is 8. The number of aryl methyl sites for hydroxylation is 3. The van der Waals surface area contributed by atoms with Crippen molar-refractivity contribution < 1.29 is 24.5 Å². The maximum absolute atomic E-state index is 12.4. The number of phenols is 2. The van der Waals surface area contributed by atoms with Gasteiger partial charge in [0.25, 0.3) is 0 Å². The van der Waals surface area contributed by atoms with E-state index >= 15 is 0 Å². The van der Waals surface area contributed by atoms with E-state index in [0.717, 1.165) is 22.3 Å². The standard InChI is InChI=1S/C22H27NO5/c1-4-28-22(27)19(13-16-5-8-18(24)9-6-16)23-20(25)10-7-17-11-14(2)21(26)15(3)12-17/h5-6,8-9,11-12,19,24,26H,4,7,10,13H2,1-3H3,(H,23,25). The van der Waals surface area contributed by atoms with Crippen LogP contribution in [-0.2, 0) is 27.2 Å². The van der Waals surface area contributed by atoms with Gasteiger partial charge in [0.1, 0.15) is 17.5 Å². The summed E-state index contributed by atoms with van der Waals surface area (Å²) in [5, 5.41) is 22.0. The lowest BCUT2D eigenvalue weighted by Crippen LogP contribution is -2.43. The summed E-state index contributed by atoms with van der Waals surface area (Å²) in [4.78, 5) is 24.6. The average molecular weight is 385 g/mol. The first kappa shape index (κ1) is 21.3. The smallest absolute Gasteiger partial charge is 0.328 e. The third kappa shape index (κ3) is 6.01. The zero-order valence-corrected chi connectivity index (χ0v) is 16.5. The van der Waals surface area contributed by atoms with Gasteiger partial charge < -0.3 is 20.3 Å². The van der Waals surface area contributed by atoms with E-state index in [2.05, 4.69) is 5.32 Å². The van der Waals surface area contributed by atoms with Crippen molar-refractivity contribution in [3.8, 4) is 11.5 Å². The Morgan fingerprint density at radius 2 is 1.64 bits per heavy atom. The summed E-state index contributed by atoms with van der Waals surface area (Å²) in [6.45, 7) is 5.58. The maximum atomic E-state index is 12.4. The van der Waals surface area contributed by atoms with Crippen LogP contribution < -0.4 is 5.32 Å². The Labute approximate surface area is 165 Å². The molecule has 1 amide bonds. The molecule has 0 aromatic heterocycles. The molecular weight excluding hydrogens is 358 g/mol. The fourth-order valence-electron chi connectivity index (χ4n) is 3.02. The van der Waals surface area contributed by atoms with E-state index in [0.29, 0.717) is 6.42 Å². The van der Waals surface area contributed by atoms with Crippen molar-refractivity contribution in [2.75, 3.05) is 6.61 Å². The Hall–Kier alpha value is -3.02. The van der Waals surface area contributed by atoms with Crippen molar-refractivity contribution in [1.82, 2.24) is 5.32 Å². The minimum atomic E-state index is -0.791. The Morgan fingerprint density at radius 3 is 2.21 bits per heavy atom. The van der Waals surface area contributed by atoms with Crippen LogP contribution >= 0.6 is 0 Å². The molecule has 1 unspecified atom stereocenters. The molecule has 0 aliphatic heterocycles. The predicted octanol–water partition coefficient (Wildman–Crippen LogP) is 2.94. The molecule has 0 aliphatic rings. The molecule has 0 bridgehead atoms. The van der Waals surface area contributed by atoms with Crippen LogP contribution in [0.4, 0.5) is 0 Å². The highest BCUT2D eigenvalue weighted by Gasteiger charge is 2.22. The second-order valence-corrected chi connectivity index (χ2v) is 6.82. The van der Waals surface area contributed by atoms with E-state index in [1.807, 2.05) is 26.0 Å². The highest BCUT2D eigenvalue weighted by Crippen LogP contribution is 2.23. The van der Waals surface area contributed by atoms with E-state index in [1.165, 1.54) is 12.1 Å². The number of benzene rings is 2. The molecule has 1 atom stereocenters. The van der Waals surface area contributed by atoms with Gasteiger partial charge in [-0.3, -0.25) is 4.79 Å². The molecule has 0 spiro atoms. The first-order valence-corrected chi connectivity index (χ1v) is 9.33. The lowest BCUT2D eigenvalue weighted by molar-refractivity contribution is -0.147. The number of amides is 1. The Balaban J connectivity index is 2.01. The first-order chi connectivity index (χ1) is 13.3. The molecule has 6 nitrogen and oxygen atoms in total. The normalized spacial score (nSPS) is 11.7. The fourth-order valence-corrected chi connectivity index (χ4v) is 3.02. The van der Waals surface area contributed by atoms with E-state index in [4.69, 9.17) is 4.74 Å². The zero-order valence-electron chi connectivity index (χ0n) is 16.5. The number of ether oxygens (including phenoxy) is 1. The molecule has 0 radical (unpaired) electrons. The van der Waals surface area contributed by atoms with Crippen molar-refractivity contribution in [1.29, 1.82) is 0 Å². The van der Waals surface area contributed by atoms with Gasteiger partial charge in [-0.15, -0.1) is 0 Å². The van der Waals surface area contributed by atoms with Crippen molar-refractivity contribution in [3.05, 3.63) is 58.7 Å². The fraction of sp³-hybridized carbons (Fsp3) is 0.364. The molecule has 3 N–H and O–H groups in total. The molecule has 28 heavy (non-hydrogen) atoms. The summed E-state index contributed by atoms with van der Waals surface area (Å²) in [7, 11) is 0. The van der Waals surface area contributed by atoms with Crippen LogP contribution in [-0.4, -0.2) is 34.7 Å². The largest absolute Gasteiger partial charge is 0.508 e. The number of carbonyl (C=O) groups is 2. The second-order valence-electron chi connectivity index (χ2n) is 6.82. The lowest BCUT2D eigenvalue weighted by atomic mass is 10.0. The van der Waals surface area contributed by atoms with Crippen molar-refractivity contribution in [3.63, 3.8) is 0 Å². The Kier molecular flexibility index (Phi) is 7.44. The van der Waals surface area contributed by atoms with Gasteiger partial charge in [-0.25, -0.2) is 4.79 Å². The quantitative estimate of drug-likeness (QED) is 0.607. The molecule has 2 rings (SSSR count). The summed E-state index contributed by atoms with van der Waals surface area (Å²) >= 11 is 0. The average Bonchev–Trinajstić information content (AvgIpc) is 2.65. The molecule has 0 fully saturated rings. The number of hydrogen-bond acceptors (Lipinski definition) is 5. The first-order valence-electron chi connectivity index (χ1n) is 9.33. The highest BCUT2D eigenvalue weighted by molar-refractivity contribution is 5.84. The van der Waals surface area contributed by atoms with Crippen LogP contribution in [0.25, 0.3) is 0 Å². The summed E-state index contributed by atoms with van der Waals surface area (Å²) < 4.78 is 5.08. The van der Waals surface area contributed by atoms with Crippen molar-refractivity contribution in [2.24, 2.45) is 0 Å². The van der Waals surface area contributed by atoms with Gasteiger partial charge in [0.15, 0.2) is 0 Å². The molecule has 0 saturated carbocycles. The number of aromatic hydroxyl groups is 2. The lowest BCUT2D eigenvalue weighted by Gasteiger charge is -2.18. The minimum absolute atomic E-state index is 0.139. The van der Waals surface area contributed by atoms with E-state index < -0.39 is 12.0 Å². The molecule has 6 heteroatoms. The van der Waals surface area contributed by atoms with Crippen LogP contribution in [0.3, 0.4) is 0 Å². The van der Waals surface area contributed by atoms with Crippen molar-refractivity contribution >= 4 is 11.9 Å². The Bertz CT molecular complexity index is 806. The molecule has 0 aliphatic carbocycles. The molecule has 0 saturated heterocycles. The molecule has 150 valence electrons. The maximum Gasteiger partial charge on any atom is 0.328 e. The van der Waals surface area contributed by atoms with Crippen molar-refractivity contribution in [2.45, 2.75) is 46.1 Å². The Morgan fingerprint density at radius 1 is 1.04 bits per heavy atom. The van der Waals surface area contributed by atoms with Gasteiger partial charge in [0.2, 0.25) is 5.91 Å². The molecule has 2 aromatic rings. The number of carbonyl (C=O) groups excluding carboxylic acids is 2. The van der Waals surface area contributed by atoms with Gasteiger partial charge in [-0.1, -0.05) is 24.3 Å². The summed E-state index contributed by atoms with van der Waals surface area (Å²) in [6, 6.07) is 9.40. The van der Waals surface area contributed by atoms with Gasteiger partial charge >= 0.3 is 5.97 Å². The van der Waals surface area contributed by atoms with Gasteiger partial charge in [0.05, 0.1) is 6.61 Å². The zero-order chi connectivity index (χ0) is 20.7. The minimum Gasteiger partial charge on any atom is -0.508 e. The molecule has 2 aromatic carbocycles. The highest BCUT2D eigenvalue weighted by atomic mass is 16.5. The number of esters is 1. The number of nitrogens with one attached hydrogen (secondary N) is 1. The van der Waals surface area contributed by atoms with Crippen LogP contribution in [0.15, 0.2) is 36.4 Å². The monoisotopic (exact) mass is 385 g/mol. The van der Waals surface area contributed by atoms with Gasteiger partial charge in [0, 0.05) is 12.8 Å². The summed E-state index contributed by atoms with van der Waals surface area (Å²) in [6.07, 6.45) is 1.000. The SMILES string of the molecule is CCOC(=O)C(Cc1ccc(O)cc1)NC(=O)CCc1cc(C)c(O)c(C)c1. The van der Waals surface area contributed by atoms with Gasteiger partial charge in [-0.2, -0.15) is 0 Å². The number of phenolic OH excluding ortho intramolecular Hbond substituents is 2. The van der Waals surface area contributed by atoms with E-state index in [-0.39, 0.29) is 36.9 Å². The molecule has 0 heterocycles. The van der Waals surface area contributed by atoms with Crippen LogP contribution in [0.1, 0.15) is 35.6 Å². The van der Waals surface area contributed by atoms with Crippen LogP contribution in [0.2, 0.25) is 0 Å². The van der Waals surface area contributed by atoms with Crippen LogP contribution in [0, 0.1) is 13.8 Å².